The van der Waals surface area contributed by atoms with Crippen LogP contribution in [0.2, 0.25) is 0 Å². The normalized spacial score (nSPS) is 25.7. The van der Waals surface area contributed by atoms with Crippen molar-refractivity contribution in [2.45, 2.75) is 49.8 Å². The van der Waals surface area contributed by atoms with E-state index in [2.05, 4.69) is 0 Å². The van der Waals surface area contributed by atoms with E-state index in [1.54, 1.807) is 87.1 Å². The zero-order chi connectivity index (χ0) is 28.5. The fourth-order valence-corrected chi connectivity index (χ4v) is 4.37. The van der Waals surface area contributed by atoms with Crippen LogP contribution in [0.15, 0.2) is 72.8 Å². The fourth-order valence-electron chi connectivity index (χ4n) is 4.37. The zero-order valence-electron chi connectivity index (χ0n) is 22.9. The van der Waals surface area contributed by atoms with Crippen LogP contribution in [0.3, 0.4) is 0 Å². The molecule has 214 valence electrons. The summed E-state index contributed by atoms with van der Waals surface area (Å²) >= 11 is 0. The first-order chi connectivity index (χ1) is 19.4. The summed E-state index contributed by atoms with van der Waals surface area (Å²) in [6.45, 7) is 0. The van der Waals surface area contributed by atoms with E-state index < -0.39 is 48.9 Å². The number of benzene rings is 2. The largest absolute Gasteiger partial charge is 0.497 e. The number of rotatable bonds is 11. The number of carbonyl (C=O) groups is 2. The van der Waals surface area contributed by atoms with Crippen molar-refractivity contribution in [1.82, 2.24) is 0 Å². The van der Waals surface area contributed by atoms with Gasteiger partial charge in [-0.2, -0.15) is 0 Å². The first-order valence-electron chi connectivity index (χ1n) is 12.9. The van der Waals surface area contributed by atoms with Gasteiger partial charge in [-0.15, -0.1) is 0 Å². The van der Waals surface area contributed by atoms with E-state index in [1.807, 2.05) is 0 Å². The SMILES string of the molecule is COc1ccc(C(=O)O[C@H]2C=C[C@@H](OC)O[C@@H]2CC[C@@H]2O[C@@H](OC)C=C[C@H]2OC(=O)c2ccc(OC)cc2)cc1. The van der Waals surface area contributed by atoms with Gasteiger partial charge < -0.3 is 37.9 Å². The maximum atomic E-state index is 12.8. The Balaban J connectivity index is 1.43. The molecule has 2 heterocycles. The number of carbonyl (C=O) groups excluding carboxylic acids is 2. The van der Waals surface area contributed by atoms with E-state index in [4.69, 9.17) is 37.9 Å². The van der Waals surface area contributed by atoms with Gasteiger partial charge in [0.05, 0.1) is 25.3 Å². The summed E-state index contributed by atoms with van der Waals surface area (Å²) in [6, 6.07) is 13.3. The lowest BCUT2D eigenvalue weighted by Gasteiger charge is -2.35. The third-order valence-corrected chi connectivity index (χ3v) is 6.60. The monoisotopic (exact) mass is 554 g/mol. The molecule has 2 aliphatic heterocycles. The molecular formula is C30H34O10. The lowest BCUT2D eigenvalue weighted by molar-refractivity contribution is -0.178. The van der Waals surface area contributed by atoms with Gasteiger partial charge in [-0.3, -0.25) is 0 Å². The molecule has 0 N–H and O–H groups in total. The molecule has 0 spiro atoms. The van der Waals surface area contributed by atoms with Crippen LogP contribution in [-0.2, 0) is 28.4 Å². The quantitative estimate of drug-likeness (QED) is 0.298. The second-order valence-electron chi connectivity index (χ2n) is 9.10. The molecule has 0 bridgehead atoms. The van der Waals surface area contributed by atoms with Crippen molar-refractivity contribution in [3.63, 3.8) is 0 Å². The molecule has 0 saturated carbocycles. The van der Waals surface area contributed by atoms with Gasteiger partial charge in [0.25, 0.3) is 0 Å². The van der Waals surface area contributed by atoms with E-state index in [0.29, 0.717) is 35.5 Å². The van der Waals surface area contributed by atoms with Gasteiger partial charge in [0, 0.05) is 14.2 Å². The van der Waals surface area contributed by atoms with E-state index >= 15 is 0 Å². The Bertz CT molecular complexity index is 1080. The number of methoxy groups -OCH3 is 4. The van der Waals surface area contributed by atoms with Gasteiger partial charge in [-0.05, 0) is 85.7 Å². The van der Waals surface area contributed by atoms with E-state index in [0.717, 1.165) is 0 Å². The molecule has 0 aliphatic carbocycles. The summed E-state index contributed by atoms with van der Waals surface area (Å²) in [4.78, 5) is 25.7. The molecule has 0 radical (unpaired) electrons. The first-order valence-corrected chi connectivity index (χ1v) is 12.9. The zero-order valence-corrected chi connectivity index (χ0v) is 22.9. The Kier molecular flexibility index (Phi) is 10.3. The van der Waals surface area contributed by atoms with Gasteiger partial charge in [0.2, 0.25) is 0 Å². The average molecular weight is 555 g/mol. The Morgan fingerprint density at radius 3 is 1.30 bits per heavy atom. The van der Waals surface area contributed by atoms with Crippen molar-refractivity contribution in [3.05, 3.63) is 84.0 Å². The molecule has 4 rings (SSSR count). The molecule has 0 aromatic heterocycles. The first kappa shape index (κ1) is 29.3. The maximum absolute atomic E-state index is 12.8. The molecule has 10 nitrogen and oxygen atoms in total. The summed E-state index contributed by atoms with van der Waals surface area (Å²) in [5, 5.41) is 0. The Labute approximate surface area is 233 Å². The average Bonchev–Trinajstić information content (AvgIpc) is 3.01. The van der Waals surface area contributed by atoms with Gasteiger partial charge in [0.1, 0.15) is 35.9 Å². The number of hydrogen-bond donors (Lipinski definition) is 0. The maximum Gasteiger partial charge on any atom is 0.338 e. The molecule has 0 amide bonds. The molecule has 2 aromatic carbocycles. The standard InChI is InChI=1S/C30H34O10/c1-33-21-9-5-19(6-10-21)29(31)39-25-15-17-27(35-3)37-23(25)13-14-24-26(16-18-28(36-4)38-24)40-30(32)20-7-11-22(34-2)12-8-20/h5-12,15-18,23-28H,13-14H2,1-4H3/t23-,24+,25+,26-,27+,28-. The van der Waals surface area contributed by atoms with E-state index in [-0.39, 0.29) is 0 Å². The molecule has 10 heteroatoms. The highest BCUT2D eigenvalue weighted by Gasteiger charge is 2.35. The summed E-state index contributed by atoms with van der Waals surface area (Å²) < 4.78 is 44.7. The van der Waals surface area contributed by atoms with Crippen LogP contribution in [0.1, 0.15) is 33.6 Å². The van der Waals surface area contributed by atoms with Crippen molar-refractivity contribution >= 4 is 11.9 Å². The second-order valence-corrected chi connectivity index (χ2v) is 9.10. The van der Waals surface area contributed by atoms with Gasteiger partial charge in [0.15, 0.2) is 12.6 Å². The highest BCUT2D eigenvalue weighted by Crippen LogP contribution is 2.27. The van der Waals surface area contributed by atoms with Crippen molar-refractivity contribution in [2.75, 3.05) is 28.4 Å². The summed E-state index contributed by atoms with van der Waals surface area (Å²) in [6.07, 6.45) is 4.13. The van der Waals surface area contributed by atoms with Crippen molar-refractivity contribution < 1.29 is 47.5 Å². The summed E-state index contributed by atoms with van der Waals surface area (Å²) in [5.41, 5.74) is 0.770. The Morgan fingerprint density at radius 1 is 0.600 bits per heavy atom. The molecule has 0 unspecified atom stereocenters. The summed E-state index contributed by atoms with van der Waals surface area (Å²) in [5.74, 6) is 0.279. The highest BCUT2D eigenvalue weighted by atomic mass is 16.7. The van der Waals surface area contributed by atoms with Crippen LogP contribution in [-0.4, -0.2) is 77.4 Å². The van der Waals surface area contributed by atoms with E-state index in [9.17, 15) is 9.59 Å². The van der Waals surface area contributed by atoms with Crippen LogP contribution in [0.4, 0.5) is 0 Å². The Morgan fingerprint density at radius 2 is 0.975 bits per heavy atom. The topological polar surface area (TPSA) is 108 Å². The molecule has 0 fully saturated rings. The molecule has 2 aliphatic rings. The predicted octanol–water partition coefficient (Wildman–Crippen LogP) is 4.09. The van der Waals surface area contributed by atoms with Gasteiger partial charge in [-0.25, -0.2) is 9.59 Å². The van der Waals surface area contributed by atoms with Crippen LogP contribution in [0.25, 0.3) is 0 Å². The summed E-state index contributed by atoms with van der Waals surface area (Å²) in [7, 11) is 6.17. The minimum absolute atomic E-state index is 0.385. The molecule has 2 aromatic rings. The van der Waals surface area contributed by atoms with Crippen molar-refractivity contribution in [1.29, 1.82) is 0 Å². The van der Waals surface area contributed by atoms with Crippen molar-refractivity contribution in [2.24, 2.45) is 0 Å². The number of ether oxygens (including phenoxy) is 8. The minimum atomic E-state index is -0.668. The van der Waals surface area contributed by atoms with Gasteiger partial charge in [-0.1, -0.05) is 0 Å². The third-order valence-electron chi connectivity index (χ3n) is 6.60. The fraction of sp³-hybridized carbons (Fsp3) is 0.400. The van der Waals surface area contributed by atoms with Crippen molar-refractivity contribution in [3.8, 4) is 11.5 Å². The smallest absolute Gasteiger partial charge is 0.338 e. The van der Waals surface area contributed by atoms with Crippen LogP contribution in [0.5, 0.6) is 11.5 Å². The van der Waals surface area contributed by atoms with E-state index in [1.165, 1.54) is 14.2 Å². The van der Waals surface area contributed by atoms with Crippen LogP contribution >= 0.6 is 0 Å². The lowest BCUT2D eigenvalue weighted by atomic mass is 9.99. The van der Waals surface area contributed by atoms with Crippen LogP contribution in [0, 0.1) is 0 Å². The molecule has 6 atom stereocenters. The Hall–Kier alpha value is -3.70. The highest BCUT2D eigenvalue weighted by molar-refractivity contribution is 5.90. The van der Waals surface area contributed by atoms with Crippen LogP contribution < -0.4 is 9.47 Å². The lowest BCUT2D eigenvalue weighted by Crippen LogP contribution is -2.42. The number of esters is 2. The minimum Gasteiger partial charge on any atom is -0.497 e. The third kappa shape index (κ3) is 7.48. The number of hydrogen-bond acceptors (Lipinski definition) is 10. The molecule has 0 saturated heterocycles. The second kappa shape index (κ2) is 14.1. The predicted molar refractivity (Wildman–Crippen MR) is 143 cm³/mol. The molecular weight excluding hydrogens is 520 g/mol. The van der Waals surface area contributed by atoms with Gasteiger partial charge >= 0.3 is 11.9 Å². The molecule has 40 heavy (non-hydrogen) atoms.